The van der Waals surface area contributed by atoms with Crippen molar-refractivity contribution in [3.05, 3.63) is 24.0 Å². The maximum absolute atomic E-state index is 10.8. The summed E-state index contributed by atoms with van der Waals surface area (Å²) in [6.07, 6.45) is 9.05. The molecular formula is C12H12N2O2. The molecule has 0 aliphatic heterocycles. The Kier molecular flexibility index (Phi) is 2.78. The van der Waals surface area contributed by atoms with E-state index in [-0.39, 0.29) is 5.69 Å². The van der Waals surface area contributed by atoms with Crippen molar-refractivity contribution in [3.8, 4) is 12.3 Å². The molecular weight excluding hydrogens is 204 g/mol. The molecule has 1 fully saturated rings. The molecule has 1 aromatic heterocycles. The topological polar surface area (TPSA) is 53.4 Å². The molecule has 1 heterocycles. The number of pyridine rings is 1. The van der Waals surface area contributed by atoms with Gasteiger partial charge in [-0.3, -0.25) is 0 Å². The zero-order valence-electron chi connectivity index (χ0n) is 8.76. The molecule has 0 radical (unpaired) electrons. The van der Waals surface area contributed by atoms with Crippen LogP contribution >= 0.6 is 0 Å². The fourth-order valence-corrected chi connectivity index (χ4v) is 1.63. The van der Waals surface area contributed by atoms with Gasteiger partial charge in [-0.15, -0.1) is 6.42 Å². The van der Waals surface area contributed by atoms with E-state index in [0.717, 1.165) is 18.5 Å². The molecule has 0 spiro atoms. The lowest BCUT2D eigenvalue weighted by Gasteiger charge is -2.21. The highest BCUT2D eigenvalue weighted by Crippen LogP contribution is 2.31. The molecule has 1 aromatic rings. The summed E-state index contributed by atoms with van der Waals surface area (Å²) in [7, 11) is 0. The van der Waals surface area contributed by atoms with Gasteiger partial charge in [-0.25, -0.2) is 9.78 Å². The Balaban J connectivity index is 2.27. The van der Waals surface area contributed by atoms with Crippen LogP contribution < -0.4 is 4.90 Å². The summed E-state index contributed by atoms with van der Waals surface area (Å²) in [6.45, 7) is 0.508. The van der Waals surface area contributed by atoms with E-state index in [9.17, 15) is 4.79 Å². The molecule has 82 valence electrons. The van der Waals surface area contributed by atoms with Gasteiger partial charge in [0.05, 0.1) is 6.54 Å². The van der Waals surface area contributed by atoms with Crippen molar-refractivity contribution in [1.29, 1.82) is 0 Å². The Morgan fingerprint density at radius 1 is 1.69 bits per heavy atom. The minimum absolute atomic E-state index is 0.0557. The molecule has 4 heteroatoms. The maximum atomic E-state index is 10.8. The Morgan fingerprint density at radius 2 is 2.44 bits per heavy atom. The van der Waals surface area contributed by atoms with Crippen molar-refractivity contribution in [2.45, 2.75) is 18.9 Å². The van der Waals surface area contributed by atoms with E-state index in [1.165, 1.54) is 6.20 Å². The zero-order valence-corrected chi connectivity index (χ0v) is 8.76. The van der Waals surface area contributed by atoms with Crippen LogP contribution in [0.5, 0.6) is 0 Å². The molecule has 1 saturated carbocycles. The van der Waals surface area contributed by atoms with Crippen LogP contribution in [0.3, 0.4) is 0 Å². The van der Waals surface area contributed by atoms with E-state index in [2.05, 4.69) is 10.9 Å². The van der Waals surface area contributed by atoms with Gasteiger partial charge in [-0.2, -0.15) is 0 Å². The van der Waals surface area contributed by atoms with Crippen molar-refractivity contribution in [3.63, 3.8) is 0 Å². The van der Waals surface area contributed by atoms with Gasteiger partial charge in [-0.1, -0.05) is 5.92 Å². The average molecular weight is 216 g/mol. The number of nitrogens with zero attached hydrogens (tertiary/aromatic N) is 2. The Hall–Kier alpha value is -2.02. The second-order valence-corrected chi connectivity index (χ2v) is 3.77. The molecule has 16 heavy (non-hydrogen) atoms. The third-order valence-corrected chi connectivity index (χ3v) is 2.54. The number of anilines is 1. The largest absolute Gasteiger partial charge is 0.477 e. The normalized spacial score (nSPS) is 14.2. The maximum Gasteiger partial charge on any atom is 0.354 e. The predicted octanol–water partition coefficient (Wildman–Crippen LogP) is 1.38. The summed E-state index contributed by atoms with van der Waals surface area (Å²) in [4.78, 5) is 16.6. The number of aromatic carboxylic acids is 1. The Morgan fingerprint density at radius 3 is 3.00 bits per heavy atom. The molecule has 0 bridgehead atoms. The number of carboxylic acids is 1. The van der Waals surface area contributed by atoms with Crippen molar-refractivity contribution >= 4 is 11.7 Å². The van der Waals surface area contributed by atoms with Crippen molar-refractivity contribution in [2.24, 2.45) is 0 Å². The molecule has 1 aliphatic rings. The predicted molar refractivity (Wildman–Crippen MR) is 60.4 cm³/mol. The summed E-state index contributed by atoms with van der Waals surface area (Å²) >= 11 is 0. The first-order chi connectivity index (χ1) is 7.72. The average Bonchev–Trinajstić information content (AvgIpc) is 3.10. The summed E-state index contributed by atoms with van der Waals surface area (Å²) in [5, 5.41) is 8.85. The van der Waals surface area contributed by atoms with Crippen LogP contribution in [0, 0.1) is 12.3 Å². The van der Waals surface area contributed by atoms with Gasteiger partial charge in [-0.05, 0) is 25.0 Å². The van der Waals surface area contributed by atoms with Crippen LogP contribution in [-0.2, 0) is 0 Å². The van der Waals surface area contributed by atoms with Crippen molar-refractivity contribution < 1.29 is 9.90 Å². The third kappa shape index (κ3) is 2.14. The summed E-state index contributed by atoms with van der Waals surface area (Å²) in [5.41, 5.74) is 0.896. The van der Waals surface area contributed by atoms with E-state index >= 15 is 0 Å². The van der Waals surface area contributed by atoms with Crippen LogP contribution in [-0.4, -0.2) is 28.6 Å². The zero-order chi connectivity index (χ0) is 11.5. The number of aromatic nitrogens is 1. The lowest BCUT2D eigenvalue weighted by Crippen LogP contribution is -2.26. The number of hydrogen-bond acceptors (Lipinski definition) is 3. The summed E-state index contributed by atoms with van der Waals surface area (Å²) in [5.74, 6) is 1.58. The molecule has 2 rings (SSSR count). The molecule has 4 nitrogen and oxygen atoms in total. The van der Waals surface area contributed by atoms with Crippen LogP contribution in [0.25, 0.3) is 0 Å². The smallest absolute Gasteiger partial charge is 0.354 e. The van der Waals surface area contributed by atoms with Gasteiger partial charge in [0.2, 0.25) is 0 Å². The first kappa shape index (κ1) is 10.5. The van der Waals surface area contributed by atoms with Crippen LogP contribution in [0.2, 0.25) is 0 Å². The molecule has 0 saturated heterocycles. The molecule has 0 atom stereocenters. The molecule has 0 amide bonds. The summed E-state index contributed by atoms with van der Waals surface area (Å²) < 4.78 is 0. The van der Waals surface area contributed by atoms with Crippen LogP contribution in [0.4, 0.5) is 5.69 Å². The second-order valence-electron chi connectivity index (χ2n) is 3.77. The lowest BCUT2D eigenvalue weighted by atomic mass is 10.2. The van der Waals surface area contributed by atoms with E-state index in [1.54, 1.807) is 12.1 Å². The van der Waals surface area contributed by atoms with Crippen molar-refractivity contribution in [2.75, 3.05) is 11.4 Å². The first-order valence-electron chi connectivity index (χ1n) is 5.12. The van der Waals surface area contributed by atoms with Crippen LogP contribution in [0.15, 0.2) is 18.3 Å². The lowest BCUT2D eigenvalue weighted by molar-refractivity contribution is 0.0690. The molecule has 0 aromatic carbocycles. The van der Waals surface area contributed by atoms with E-state index < -0.39 is 5.97 Å². The minimum atomic E-state index is -1.02. The summed E-state index contributed by atoms with van der Waals surface area (Å²) in [6, 6.07) is 3.82. The van der Waals surface area contributed by atoms with Gasteiger partial charge >= 0.3 is 5.97 Å². The minimum Gasteiger partial charge on any atom is -0.477 e. The fraction of sp³-hybridized carbons (Fsp3) is 0.333. The highest BCUT2D eigenvalue weighted by Gasteiger charge is 2.29. The van der Waals surface area contributed by atoms with E-state index in [4.69, 9.17) is 11.5 Å². The quantitative estimate of drug-likeness (QED) is 0.772. The first-order valence-corrected chi connectivity index (χ1v) is 5.12. The third-order valence-electron chi connectivity index (χ3n) is 2.54. The highest BCUT2D eigenvalue weighted by molar-refractivity contribution is 5.86. The van der Waals surface area contributed by atoms with Gasteiger partial charge in [0.15, 0.2) is 0 Å². The SMILES string of the molecule is C#CCN(c1ccnc(C(=O)O)c1)C1CC1. The number of carboxylic acid groups (broad SMARTS) is 1. The standard InChI is InChI=1S/C12H12N2O2/c1-2-7-14(9-3-4-9)10-5-6-13-11(8-10)12(15)16/h1,5-6,8-9H,3-4,7H2,(H,15,16). The van der Waals surface area contributed by atoms with Gasteiger partial charge in [0.1, 0.15) is 5.69 Å². The Bertz CT molecular complexity index is 447. The molecule has 1 N–H and O–H groups in total. The molecule has 0 unspecified atom stereocenters. The molecule has 1 aliphatic carbocycles. The Labute approximate surface area is 93.9 Å². The fourth-order valence-electron chi connectivity index (χ4n) is 1.63. The number of hydrogen-bond donors (Lipinski definition) is 1. The van der Waals surface area contributed by atoms with Gasteiger partial charge in [0.25, 0.3) is 0 Å². The van der Waals surface area contributed by atoms with Gasteiger partial charge in [0, 0.05) is 17.9 Å². The monoisotopic (exact) mass is 216 g/mol. The van der Waals surface area contributed by atoms with Gasteiger partial charge < -0.3 is 10.0 Å². The number of carbonyl (C=O) groups is 1. The highest BCUT2D eigenvalue weighted by atomic mass is 16.4. The number of terminal acetylenes is 1. The van der Waals surface area contributed by atoms with E-state index in [1.807, 2.05) is 4.90 Å². The second kappa shape index (κ2) is 4.23. The number of rotatable bonds is 4. The van der Waals surface area contributed by atoms with Crippen LogP contribution in [0.1, 0.15) is 23.3 Å². The van der Waals surface area contributed by atoms with Crippen molar-refractivity contribution in [1.82, 2.24) is 4.98 Å². The van der Waals surface area contributed by atoms with E-state index in [0.29, 0.717) is 12.6 Å².